The zero-order valence-corrected chi connectivity index (χ0v) is 23.0. The molecule has 9 rings (SSSR count). The molecule has 9 heteroatoms. The molecule has 1 amide bonds. The number of fused-ring (bicyclic) bond motifs is 3. The maximum absolute atomic E-state index is 14.1. The molecule has 40 heavy (non-hydrogen) atoms. The van der Waals surface area contributed by atoms with Gasteiger partial charge in [-0.1, -0.05) is 16.4 Å². The first-order chi connectivity index (χ1) is 19.6. The van der Waals surface area contributed by atoms with Crippen molar-refractivity contribution in [2.75, 3.05) is 24.7 Å². The third-order valence-electron chi connectivity index (χ3n) is 10.4. The zero-order valence-electron chi connectivity index (χ0n) is 23.0. The number of anilines is 1. The Kier molecular flexibility index (Phi) is 5.87. The van der Waals surface area contributed by atoms with Crippen molar-refractivity contribution in [3.8, 4) is 11.5 Å². The third-order valence-corrected chi connectivity index (χ3v) is 10.4. The summed E-state index contributed by atoms with van der Waals surface area (Å²) in [6.07, 6.45) is 12.5. The molecule has 1 saturated heterocycles. The fraction of sp³-hybridized carbons (Fsp3) is 0.645. The molecular formula is C31H37N5O4. The van der Waals surface area contributed by atoms with Gasteiger partial charge in [0.2, 0.25) is 11.8 Å². The smallest absolute Gasteiger partial charge is 0.258 e. The molecule has 6 aliphatic rings. The second-order valence-electron chi connectivity index (χ2n) is 13.1. The van der Waals surface area contributed by atoms with Crippen molar-refractivity contribution in [2.45, 2.75) is 94.3 Å². The van der Waals surface area contributed by atoms with E-state index in [1.807, 2.05) is 12.1 Å². The predicted molar refractivity (Wildman–Crippen MR) is 146 cm³/mol. The van der Waals surface area contributed by atoms with E-state index in [9.17, 15) is 4.79 Å². The first kappa shape index (κ1) is 24.7. The van der Waals surface area contributed by atoms with Crippen molar-refractivity contribution in [1.29, 1.82) is 0 Å². The van der Waals surface area contributed by atoms with E-state index in [-0.39, 0.29) is 22.7 Å². The van der Waals surface area contributed by atoms with Crippen molar-refractivity contribution < 1.29 is 18.6 Å². The number of carbonyl (C=O) groups excluding carboxylic acids is 1. The minimum atomic E-state index is -0.0100. The van der Waals surface area contributed by atoms with Crippen LogP contribution in [0.1, 0.15) is 106 Å². The van der Waals surface area contributed by atoms with E-state index in [1.54, 1.807) is 0 Å². The molecule has 2 aromatic heterocycles. The standard InChI is InChI=1S/C31H37N5O4/c37-28(22-8-16-38-17-9-22)36(24-3-1-2-23(18-24)27-32-25(34-39-27)20-4-5-20)19-30-10-13-31(14-11-30,15-12-30)29-33-26(35-40-29)21-6-7-21/h1-3,18,20-22H,4-17,19H2. The van der Waals surface area contributed by atoms with Crippen molar-refractivity contribution in [1.82, 2.24) is 20.3 Å². The van der Waals surface area contributed by atoms with Crippen molar-refractivity contribution in [3.05, 3.63) is 41.8 Å². The summed E-state index contributed by atoms with van der Waals surface area (Å²) < 4.78 is 17.1. The number of hydrogen-bond acceptors (Lipinski definition) is 8. The number of amides is 1. The van der Waals surface area contributed by atoms with Crippen LogP contribution in [0.25, 0.3) is 11.5 Å². The first-order valence-electron chi connectivity index (χ1n) is 15.3. The molecule has 2 bridgehead atoms. The molecule has 0 atom stereocenters. The number of aromatic nitrogens is 4. The molecule has 5 aliphatic carbocycles. The van der Waals surface area contributed by atoms with Crippen LogP contribution in [0.2, 0.25) is 0 Å². The lowest BCUT2D eigenvalue weighted by atomic mass is 9.53. The van der Waals surface area contributed by atoms with Gasteiger partial charge in [0.05, 0.1) is 0 Å². The van der Waals surface area contributed by atoms with E-state index in [2.05, 4.69) is 32.3 Å². The van der Waals surface area contributed by atoms with Crippen molar-refractivity contribution >= 4 is 11.6 Å². The number of ether oxygens (including phenoxy) is 1. The van der Waals surface area contributed by atoms with Crippen LogP contribution in [-0.4, -0.2) is 45.9 Å². The van der Waals surface area contributed by atoms with Crippen LogP contribution in [0.15, 0.2) is 33.3 Å². The molecule has 0 spiro atoms. The molecule has 0 N–H and O–H groups in total. The Labute approximate surface area is 234 Å². The average Bonchev–Trinajstić information content (AvgIpc) is 3.95. The Morgan fingerprint density at radius 1 is 0.850 bits per heavy atom. The zero-order chi connectivity index (χ0) is 26.7. The van der Waals surface area contributed by atoms with E-state index >= 15 is 0 Å². The summed E-state index contributed by atoms with van der Waals surface area (Å²) in [5, 5.41) is 8.53. The molecule has 210 valence electrons. The molecule has 3 heterocycles. The molecule has 5 saturated carbocycles. The molecule has 3 aromatic rings. The van der Waals surface area contributed by atoms with Gasteiger partial charge in [0.25, 0.3) is 5.89 Å². The van der Waals surface area contributed by atoms with Gasteiger partial charge in [-0.15, -0.1) is 0 Å². The van der Waals surface area contributed by atoms with Crippen LogP contribution in [0.4, 0.5) is 5.69 Å². The van der Waals surface area contributed by atoms with Crippen molar-refractivity contribution in [2.24, 2.45) is 11.3 Å². The number of carbonyl (C=O) groups is 1. The molecule has 0 radical (unpaired) electrons. The summed E-state index contributed by atoms with van der Waals surface area (Å²) in [6, 6.07) is 8.13. The number of nitrogens with zero attached hydrogens (tertiary/aromatic N) is 5. The quantitative estimate of drug-likeness (QED) is 0.344. The molecular weight excluding hydrogens is 506 g/mol. The Hall–Kier alpha value is -3.07. The summed E-state index contributed by atoms with van der Waals surface area (Å²) >= 11 is 0. The number of hydrogen-bond donors (Lipinski definition) is 0. The maximum Gasteiger partial charge on any atom is 0.258 e. The molecule has 1 aliphatic heterocycles. The third kappa shape index (κ3) is 4.46. The van der Waals surface area contributed by atoms with Gasteiger partial charge in [0.1, 0.15) is 0 Å². The SMILES string of the molecule is O=C(C1CCOCC1)N(CC12CCC(c3nc(C4CC4)no3)(CC1)CC2)c1cccc(-c2nc(C3CC3)no2)c1. The summed E-state index contributed by atoms with van der Waals surface area (Å²) in [5.41, 5.74) is 1.90. The summed E-state index contributed by atoms with van der Waals surface area (Å²) in [7, 11) is 0. The maximum atomic E-state index is 14.1. The Morgan fingerprint density at radius 2 is 1.52 bits per heavy atom. The van der Waals surface area contributed by atoms with E-state index in [4.69, 9.17) is 18.8 Å². The monoisotopic (exact) mass is 543 g/mol. The number of benzene rings is 1. The minimum absolute atomic E-state index is 0.00851. The van der Waals surface area contributed by atoms with Crippen LogP contribution in [0.5, 0.6) is 0 Å². The Bertz CT molecular complexity index is 1380. The van der Waals surface area contributed by atoms with Crippen LogP contribution in [0.3, 0.4) is 0 Å². The van der Waals surface area contributed by atoms with Gasteiger partial charge >= 0.3 is 0 Å². The van der Waals surface area contributed by atoms with Crippen LogP contribution in [0, 0.1) is 11.3 Å². The molecule has 9 nitrogen and oxygen atoms in total. The van der Waals surface area contributed by atoms with E-state index in [0.717, 1.165) is 99.5 Å². The normalized spacial score (nSPS) is 28.6. The summed E-state index contributed by atoms with van der Waals surface area (Å²) in [6.45, 7) is 2.03. The largest absolute Gasteiger partial charge is 0.381 e. The molecule has 0 unspecified atom stereocenters. The fourth-order valence-electron chi connectivity index (χ4n) is 7.24. The minimum Gasteiger partial charge on any atom is -0.381 e. The van der Waals surface area contributed by atoms with Gasteiger partial charge in [-0.25, -0.2) is 0 Å². The molecule has 1 aromatic carbocycles. The van der Waals surface area contributed by atoms with Gasteiger partial charge in [-0.05, 0) is 101 Å². The fourth-order valence-corrected chi connectivity index (χ4v) is 7.24. The highest BCUT2D eigenvalue weighted by Gasteiger charge is 2.53. The van der Waals surface area contributed by atoms with Crippen LogP contribution >= 0.6 is 0 Å². The highest BCUT2D eigenvalue weighted by molar-refractivity contribution is 5.95. The number of rotatable bonds is 8. The van der Waals surface area contributed by atoms with E-state index in [0.29, 0.717) is 30.9 Å². The van der Waals surface area contributed by atoms with Gasteiger partial charge in [-0.3, -0.25) is 4.79 Å². The van der Waals surface area contributed by atoms with E-state index in [1.165, 1.54) is 12.8 Å². The highest BCUT2D eigenvalue weighted by atomic mass is 16.5. The van der Waals surface area contributed by atoms with Gasteiger partial charge < -0.3 is 18.7 Å². The van der Waals surface area contributed by atoms with Crippen molar-refractivity contribution in [3.63, 3.8) is 0 Å². The van der Waals surface area contributed by atoms with E-state index < -0.39 is 0 Å². The Balaban J connectivity index is 1.06. The average molecular weight is 544 g/mol. The second kappa shape index (κ2) is 9.50. The highest BCUT2D eigenvalue weighted by Crippen LogP contribution is 2.58. The topological polar surface area (TPSA) is 107 Å². The predicted octanol–water partition coefficient (Wildman–Crippen LogP) is 5.93. The van der Waals surface area contributed by atoms with Crippen LogP contribution in [-0.2, 0) is 14.9 Å². The molecule has 6 fully saturated rings. The lowest BCUT2D eigenvalue weighted by Gasteiger charge is -2.53. The van der Waals surface area contributed by atoms with Crippen LogP contribution < -0.4 is 4.90 Å². The van der Waals surface area contributed by atoms with Gasteiger partial charge in [0.15, 0.2) is 11.6 Å². The lowest BCUT2D eigenvalue weighted by molar-refractivity contribution is -0.126. The summed E-state index contributed by atoms with van der Waals surface area (Å²) in [5.74, 6) is 4.24. The second-order valence-corrected chi connectivity index (χ2v) is 13.1. The van der Waals surface area contributed by atoms with Gasteiger partial charge in [-0.2, -0.15) is 9.97 Å². The van der Waals surface area contributed by atoms with Gasteiger partial charge in [0, 0.05) is 54.2 Å². The lowest BCUT2D eigenvalue weighted by Crippen LogP contribution is -2.52. The summed E-state index contributed by atoms with van der Waals surface area (Å²) in [4.78, 5) is 25.7. The Morgan fingerprint density at radius 3 is 2.23 bits per heavy atom. The first-order valence-corrected chi connectivity index (χ1v) is 15.3.